The van der Waals surface area contributed by atoms with E-state index >= 15 is 0 Å². The summed E-state index contributed by atoms with van der Waals surface area (Å²) in [4.78, 5) is 15.2. The molecule has 0 spiro atoms. The summed E-state index contributed by atoms with van der Waals surface area (Å²) in [7, 11) is 0. The van der Waals surface area contributed by atoms with Crippen LogP contribution >= 0.6 is 0 Å². The number of fused-ring (bicyclic) bond motifs is 1. The number of nitrogens with zero attached hydrogens (tertiary/aromatic N) is 1. The van der Waals surface area contributed by atoms with Crippen LogP contribution in [-0.2, 0) is 10.2 Å². The second-order valence-electron chi connectivity index (χ2n) is 4.81. The minimum Gasteiger partial charge on any atom is -0.479 e. The van der Waals surface area contributed by atoms with E-state index in [4.69, 9.17) is 5.11 Å². The molecule has 0 amide bonds. The number of rotatable bonds is 3. The molecule has 0 radical (unpaired) electrons. The fourth-order valence-corrected chi connectivity index (χ4v) is 2.47. The Hall–Kier alpha value is -1.94. The summed E-state index contributed by atoms with van der Waals surface area (Å²) >= 11 is 0. The molecule has 2 N–H and O–H groups in total. The zero-order chi connectivity index (χ0) is 12.8. The Balaban J connectivity index is 2.07. The van der Waals surface area contributed by atoms with Gasteiger partial charge in [-0.05, 0) is 30.5 Å². The minimum absolute atomic E-state index is 0.614. The minimum atomic E-state index is -1.33. The van der Waals surface area contributed by atoms with Crippen molar-refractivity contribution in [2.45, 2.75) is 24.4 Å². The van der Waals surface area contributed by atoms with Crippen molar-refractivity contribution in [3.63, 3.8) is 0 Å². The molecule has 1 fully saturated rings. The second kappa shape index (κ2) is 3.78. The Labute approximate surface area is 104 Å². The molecule has 1 atom stereocenters. The fraction of sp³-hybridized carbons (Fsp3) is 0.286. The van der Waals surface area contributed by atoms with E-state index in [9.17, 15) is 9.90 Å². The van der Waals surface area contributed by atoms with E-state index in [0.717, 1.165) is 16.5 Å². The van der Waals surface area contributed by atoms with Crippen LogP contribution < -0.4 is 0 Å². The number of benzene rings is 1. The number of carboxylic acid groups (broad SMARTS) is 1. The van der Waals surface area contributed by atoms with Gasteiger partial charge >= 0.3 is 5.97 Å². The van der Waals surface area contributed by atoms with E-state index in [1.54, 1.807) is 6.20 Å². The Kier molecular flexibility index (Phi) is 2.35. The molecular formula is C14H13NO3. The molecule has 1 aromatic heterocycles. The lowest BCUT2D eigenvalue weighted by Gasteiger charge is -2.19. The number of pyridine rings is 1. The first-order valence-electron chi connectivity index (χ1n) is 5.90. The van der Waals surface area contributed by atoms with Gasteiger partial charge in [-0.2, -0.15) is 0 Å². The lowest BCUT2D eigenvalue weighted by atomic mass is 9.89. The summed E-state index contributed by atoms with van der Waals surface area (Å²) in [5, 5.41) is 19.8. The number of hydrogen-bond donors (Lipinski definition) is 2. The molecule has 0 bridgehead atoms. The maximum Gasteiger partial charge on any atom is 0.333 e. The smallest absolute Gasteiger partial charge is 0.333 e. The monoisotopic (exact) mass is 243 g/mol. The number of aliphatic carboxylic acids is 1. The molecule has 4 heteroatoms. The van der Waals surface area contributed by atoms with Crippen LogP contribution in [0.25, 0.3) is 10.9 Å². The van der Waals surface area contributed by atoms with Gasteiger partial charge in [0.2, 0.25) is 0 Å². The van der Waals surface area contributed by atoms with Crippen molar-refractivity contribution in [1.82, 2.24) is 4.98 Å². The van der Waals surface area contributed by atoms with Crippen LogP contribution in [0.3, 0.4) is 0 Å². The zero-order valence-electron chi connectivity index (χ0n) is 9.71. The van der Waals surface area contributed by atoms with Gasteiger partial charge in [-0.1, -0.05) is 18.2 Å². The highest BCUT2D eigenvalue weighted by Crippen LogP contribution is 2.51. The van der Waals surface area contributed by atoms with E-state index in [1.165, 1.54) is 0 Å². The largest absolute Gasteiger partial charge is 0.479 e. The van der Waals surface area contributed by atoms with E-state index in [1.807, 2.05) is 30.3 Å². The molecule has 0 aliphatic heterocycles. The third kappa shape index (κ3) is 1.57. The quantitative estimate of drug-likeness (QED) is 0.861. The molecule has 1 heterocycles. The van der Waals surface area contributed by atoms with E-state index in [0.29, 0.717) is 12.8 Å². The van der Waals surface area contributed by atoms with Crippen LogP contribution in [0.1, 0.15) is 18.4 Å². The third-order valence-corrected chi connectivity index (χ3v) is 3.73. The van der Waals surface area contributed by atoms with Crippen molar-refractivity contribution in [1.29, 1.82) is 0 Å². The standard InChI is InChI=1S/C14H13NO3/c16-12(13(17)18)14(5-6-14)10-4-3-9-2-1-7-15-11(9)8-10/h1-4,7-8,12,16H,5-6H2,(H,17,18). The molecule has 92 valence electrons. The Morgan fingerprint density at radius 2 is 2.11 bits per heavy atom. The number of aliphatic hydroxyl groups is 1. The molecule has 2 aromatic rings. The van der Waals surface area contributed by atoms with Crippen molar-refractivity contribution in [3.05, 3.63) is 42.1 Å². The molecule has 18 heavy (non-hydrogen) atoms. The highest BCUT2D eigenvalue weighted by molar-refractivity contribution is 5.81. The summed E-state index contributed by atoms with van der Waals surface area (Å²) in [5.74, 6) is -1.16. The van der Waals surface area contributed by atoms with Gasteiger partial charge in [0.1, 0.15) is 0 Å². The van der Waals surface area contributed by atoms with E-state index < -0.39 is 17.5 Å². The second-order valence-corrected chi connectivity index (χ2v) is 4.81. The molecule has 1 aliphatic rings. The lowest BCUT2D eigenvalue weighted by molar-refractivity contribution is -0.148. The number of carbonyl (C=O) groups is 1. The van der Waals surface area contributed by atoms with Gasteiger partial charge in [0.05, 0.1) is 5.52 Å². The Morgan fingerprint density at radius 1 is 1.33 bits per heavy atom. The summed E-state index contributed by atoms with van der Waals surface area (Å²) in [6.45, 7) is 0. The van der Waals surface area contributed by atoms with Crippen LogP contribution in [0, 0.1) is 0 Å². The van der Waals surface area contributed by atoms with Crippen molar-refractivity contribution in [2.75, 3.05) is 0 Å². The Morgan fingerprint density at radius 3 is 2.78 bits per heavy atom. The zero-order valence-corrected chi connectivity index (χ0v) is 9.71. The van der Waals surface area contributed by atoms with Gasteiger partial charge in [-0.3, -0.25) is 4.98 Å². The SMILES string of the molecule is O=C(O)C(O)C1(c2ccc3cccnc3c2)CC1. The third-order valence-electron chi connectivity index (χ3n) is 3.73. The molecule has 3 rings (SSSR count). The lowest BCUT2D eigenvalue weighted by Crippen LogP contribution is -2.33. The van der Waals surface area contributed by atoms with Crippen molar-refractivity contribution < 1.29 is 15.0 Å². The highest BCUT2D eigenvalue weighted by Gasteiger charge is 2.53. The summed E-state index contributed by atoms with van der Waals surface area (Å²) in [5.41, 5.74) is 1.08. The van der Waals surface area contributed by atoms with E-state index in [-0.39, 0.29) is 0 Å². The van der Waals surface area contributed by atoms with Gasteiger partial charge in [0.25, 0.3) is 0 Å². The Bertz CT molecular complexity index is 619. The predicted octanol–water partition coefficient (Wildman–Crippen LogP) is 1.71. The van der Waals surface area contributed by atoms with Gasteiger partial charge < -0.3 is 10.2 Å². The van der Waals surface area contributed by atoms with Crippen LogP contribution in [-0.4, -0.2) is 27.3 Å². The molecule has 1 unspecified atom stereocenters. The van der Waals surface area contributed by atoms with Crippen molar-refractivity contribution in [2.24, 2.45) is 0 Å². The number of hydrogen-bond acceptors (Lipinski definition) is 3. The fourth-order valence-electron chi connectivity index (χ4n) is 2.47. The van der Waals surface area contributed by atoms with Crippen molar-refractivity contribution >= 4 is 16.9 Å². The van der Waals surface area contributed by atoms with Crippen LogP contribution in [0.4, 0.5) is 0 Å². The van der Waals surface area contributed by atoms with Crippen LogP contribution in [0.2, 0.25) is 0 Å². The van der Waals surface area contributed by atoms with E-state index in [2.05, 4.69) is 4.98 Å². The predicted molar refractivity (Wildman–Crippen MR) is 66.3 cm³/mol. The summed E-state index contributed by atoms with van der Waals surface area (Å²) in [6.07, 6.45) is 1.79. The first kappa shape index (κ1) is 11.2. The van der Waals surface area contributed by atoms with Gasteiger partial charge in [-0.25, -0.2) is 4.79 Å². The normalized spacial score (nSPS) is 18.5. The molecule has 1 aromatic carbocycles. The topological polar surface area (TPSA) is 70.4 Å². The molecule has 0 saturated heterocycles. The summed E-state index contributed by atoms with van der Waals surface area (Å²) in [6, 6.07) is 9.52. The van der Waals surface area contributed by atoms with Gasteiger partial charge in [-0.15, -0.1) is 0 Å². The van der Waals surface area contributed by atoms with Crippen LogP contribution in [0.15, 0.2) is 36.5 Å². The van der Waals surface area contributed by atoms with Gasteiger partial charge in [0.15, 0.2) is 6.10 Å². The average Bonchev–Trinajstić information content (AvgIpc) is 3.18. The first-order valence-corrected chi connectivity index (χ1v) is 5.90. The molecular weight excluding hydrogens is 230 g/mol. The maximum absolute atomic E-state index is 11.0. The molecule has 1 saturated carbocycles. The summed E-state index contributed by atoms with van der Waals surface area (Å²) < 4.78 is 0. The molecule has 1 aliphatic carbocycles. The van der Waals surface area contributed by atoms with Gasteiger partial charge in [0, 0.05) is 17.0 Å². The number of aliphatic hydroxyl groups excluding tert-OH is 1. The van der Waals surface area contributed by atoms with Crippen molar-refractivity contribution in [3.8, 4) is 0 Å². The molecule has 4 nitrogen and oxygen atoms in total. The number of aromatic nitrogens is 1. The van der Waals surface area contributed by atoms with Crippen LogP contribution in [0.5, 0.6) is 0 Å². The number of carboxylic acids is 1. The highest BCUT2D eigenvalue weighted by atomic mass is 16.4. The average molecular weight is 243 g/mol. The first-order chi connectivity index (χ1) is 8.63. The maximum atomic E-state index is 11.0.